The molecule has 1 unspecified atom stereocenters. The van der Waals surface area contributed by atoms with Crippen LogP contribution in [0.25, 0.3) is 0 Å². The Balaban J connectivity index is 2.81. The summed E-state index contributed by atoms with van der Waals surface area (Å²) in [6.07, 6.45) is -1.20. The summed E-state index contributed by atoms with van der Waals surface area (Å²) >= 11 is 0. The van der Waals surface area contributed by atoms with Crippen LogP contribution in [0.4, 0.5) is 8.78 Å². The number of halogens is 2. The van der Waals surface area contributed by atoms with Crippen molar-refractivity contribution < 1.29 is 8.78 Å². The summed E-state index contributed by atoms with van der Waals surface area (Å²) < 4.78 is 25.3. The Morgan fingerprint density at radius 2 is 1.67 bits per heavy atom. The number of alkyl halides is 2. The highest BCUT2D eigenvalue weighted by Crippen LogP contribution is 2.20. The third-order valence-electron chi connectivity index (χ3n) is 2.50. The molecule has 3 heteroatoms. The number of benzene rings is 1. The van der Waals surface area contributed by atoms with Gasteiger partial charge in [0.1, 0.15) is 6.17 Å². The Morgan fingerprint density at radius 3 is 2.07 bits per heavy atom. The molecule has 0 N–H and O–H groups in total. The summed E-state index contributed by atoms with van der Waals surface area (Å²) in [5.74, 6) is 0. The van der Waals surface area contributed by atoms with Crippen LogP contribution >= 0.6 is 0 Å². The zero-order valence-electron chi connectivity index (χ0n) is 9.56. The van der Waals surface area contributed by atoms with E-state index in [4.69, 9.17) is 0 Å². The van der Waals surface area contributed by atoms with Gasteiger partial charge in [-0.1, -0.05) is 49.1 Å². The van der Waals surface area contributed by atoms with Gasteiger partial charge in [0.05, 0.1) is 14.7 Å². The van der Waals surface area contributed by atoms with E-state index in [-0.39, 0.29) is 6.42 Å². The molecule has 0 aliphatic heterocycles. The van der Waals surface area contributed by atoms with Crippen LogP contribution in [0.1, 0.15) is 18.2 Å². The molecule has 1 rings (SSSR count). The minimum Gasteiger partial charge on any atom is -0.251 e. The third-order valence-corrected chi connectivity index (χ3v) is 4.57. The van der Waals surface area contributed by atoms with E-state index in [1.165, 1.54) is 5.19 Å². The highest BCUT2D eigenvalue weighted by Gasteiger charge is 2.17. The van der Waals surface area contributed by atoms with Crippen molar-refractivity contribution in [3.8, 4) is 0 Å². The smallest absolute Gasteiger partial charge is 0.128 e. The topological polar surface area (TPSA) is 0 Å². The fourth-order valence-corrected chi connectivity index (χ4v) is 2.62. The van der Waals surface area contributed by atoms with Gasteiger partial charge in [0, 0.05) is 6.42 Å². The van der Waals surface area contributed by atoms with E-state index in [0.29, 0.717) is 5.56 Å². The van der Waals surface area contributed by atoms with E-state index in [9.17, 15) is 8.78 Å². The predicted molar refractivity (Wildman–Crippen MR) is 63.9 cm³/mol. The normalized spacial score (nSPS) is 13.9. The molecule has 0 radical (unpaired) electrons. The molecule has 84 valence electrons. The molecule has 0 nitrogen and oxygen atoms in total. The van der Waals surface area contributed by atoms with E-state index in [1.807, 2.05) is 12.1 Å². The van der Waals surface area contributed by atoms with Crippen LogP contribution in [-0.4, -0.2) is 14.7 Å². The monoisotopic (exact) mass is 228 g/mol. The standard InChI is InChI=1S/C12H18F2Si/c1-15(2,3)11-6-4-10(5-7-11)12(14)8-9-13/h4-7,12H,8-9H2,1-3H3. The molecular weight excluding hydrogens is 210 g/mol. The summed E-state index contributed by atoms with van der Waals surface area (Å²) in [5, 5.41) is 1.30. The first-order chi connectivity index (χ1) is 6.95. The summed E-state index contributed by atoms with van der Waals surface area (Å²) in [5.41, 5.74) is 0.592. The molecular formula is C12H18F2Si. The first-order valence-corrected chi connectivity index (χ1v) is 8.75. The molecule has 1 aromatic rings. The molecule has 0 amide bonds. The van der Waals surface area contributed by atoms with Crippen molar-refractivity contribution in [2.45, 2.75) is 32.2 Å². The van der Waals surface area contributed by atoms with Crippen LogP contribution in [0.3, 0.4) is 0 Å². The van der Waals surface area contributed by atoms with Gasteiger partial charge in [-0.2, -0.15) is 0 Å². The summed E-state index contributed by atoms with van der Waals surface area (Å²) in [6.45, 7) is 6.14. The van der Waals surface area contributed by atoms with Crippen LogP contribution in [0.15, 0.2) is 24.3 Å². The van der Waals surface area contributed by atoms with Crippen molar-refractivity contribution in [1.82, 2.24) is 0 Å². The highest BCUT2D eigenvalue weighted by molar-refractivity contribution is 6.88. The van der Waals surface area contributed by atoms with Crippen LogP contribution in [0.5, 0.6) is 0 Å². The molecule has 0 aliphatic carbocycles. The molecule has 0 heterocycles. The van der Waals surface area contributed by atoms with Gasteiger partial charge in [-0.25, -0.2) is 4.39 Å². The molecule has 0 saturated carbocycles. The first-order valence-electron chi connectivity index (χ1n) is 5.25. The quantitative estimate of drug-likeness (QED) is 0.691. The Labute approximate surface area is 91.3 Å². The van der Waals surface area contributed by atoms with Gasteiger partial charge in [-0.3, -0.25) is 4.39 Å². The fraction of sp³-hybridized carbons (Fsp3) is 0.500. The van der Waals surface area contributed by atoms with Gasteiger partial charge in [-0.15, -0.1) is 0 Å². The zero-order chi connectivity index (χ0) is 11.5. The lowest BCUT2D eigenvalue weighted by molar-refractivity contribution is 0.290. The van der Waals surface area contributed by atoms with Gasteiger partial charge in [-0.05, 0) is 5.56 Å². The lowest BCUT2D eigenvalue weighted by Gasteiger charge is -2.17. The average Bonchev–Trinajstić information content (AvgIpc) is 2.17. The van der Waals surface area contributed by atoms with E-state index in [2.05, 4.69) is 19.6 Å². The lowest BCUT2D eigenvalue weighted by Crippen LogP contribution is -2.37. The van der Waals surface area contributed by atoms with Crippen molar-refractivity contribution in [3.05, 3.63) is 29.8 Å². The average molecular weight is 228 g/mol. The summed E-state index contributed by atoms with van der Waals surface area (Å²) in [6, 6.07) is 7.53. The van der Waals surface area contributed by atoms with Gasteiger partial charge < -0.3 is 0 Å². The molecule has 0 aromatic heterocycles. The number of hydrogen-bond acceptors (Lipinski definition) is 0. The maximum atomic E-state index is 13.3. The Bertz CT molecular complexity index is 300. The van der Waals surface area contributed by atoms with Crippen molar-refractivity contribution in [3.63, 3.8) is 0 Å². The molecule has 15 heavy (non-hydrogen) atoms. The van der Waals surface area contributed by atoms with Gasteiger partial charge >= 0.3 is 0 Å². The van der Waals surface area contributed by atoms with E-state index >= 15 is 0 Å². The van der Waals surface area contributed by atoms with E-state index in [1.54, 1.807) is 12.1 Å². The molecule has 0 saturated heterocycles. The number of hydrogen-bond donors (Lipinski definition) is 0. The van der Waals surface area contributed by atoms with Crippen LogP contribution in [-0.2, 0) is 0 Å². The molecule has 1 aromatic carbocycles. The zero-order valence-corrected chi connectivity index (χ0v) is 10.6. The van der Waals surface area contributed by atoms with E-state index in [0.717, 1.165) is 0 Å². The van der Waals surface area contributed by atoms with E-state index < -0.39 is 20.9 Å². The van der Waals surface area contributed by atoms with Gasteiger partial charge in [0.25, 0.3) is 0 Å². The van der Waals surface area contributed by atoms with Crippen LogP contribution < -0.4 is 5.19 Å². The predicted octanol–water partition coefficient (Wildman–Crippen LogP) is 3.60. The van der Waals surface area contributed by atoms with Gasteiger partial charge in [0.15, 0.2) is 0 Å². The van der Waals surface area contributed by atoms with Crippen molar-refractivity contribution in [1.29, 1.82) is 0 Å². The first kappa shape index (κ1) is 12.4. The Kier molecular flexibility index (Phi) is 4.02. The molecule has 0 fully saturated rings. The van der Waals surface area contributed by atoms with Crippen molar-refractivity contribution in [2.75, 3.05) is 6.67 Å². The molecule has 0 aliphatic rings. The SMILES string of the molecule is C[Si](C)(C)c1ccc(C(F)CCF)cc1. The van der Waals surface area contributed by atoms with Crippen LogP contribution in [0.2, 0.25) is 19.6 Å². The number of rotatable bonds is 4. The Morgan fingerprint density at radius 1 is 1.13 bits per heavy atom. The van der Waals surface area contributed by atoms with Gasteiger partial charge in [0.2, 0.25) is 0 Å². The lowest BCUT2D eigenvalue weighted by atomic mass is 10.1. The fourth-order valence-electron chi connectivity index (χ4n) is 1.45. The summed E-state index contributed by atoms with van der Waals surface area (Å²) in [7, 11) is -1.31. The molecule has 1 atom stereocenters. The molecule has 0 spiro atoms. The molecule has 0 bridgehead atoms. The van der Waals surface area contributed by atoms with Crippen molar-refractivity contribution >= 4 is 13.3 Å². The minimum atomic E-state index is -1.31. The van der Waals surface area contributed by atoms with Crippen LogP contribution in [0, 0.1) is 0 Å². The second kappa shape index (κ2) is 4.88. The van der Waals surface area contributed by atoms with Crippen molar-refractivity contribution in [2.24, 2.45) is 0 Å². The Hall–Kier alpha value is -0.703. The maximum absolute atomic E-state index is 13.3. The minimum absolute atomic E-state index is 0.0354. The third kappa shape index (κ3) is 3.41. The highest BCUT2D eigenvalue weighted by atomic mass is 28.3. The summed E-state index contributed by atoms with van der Waals surface area (Å²) in [4.78, 5) is 0. The maximum Gasteiger partial charge on any atom is 0.128 e. The largest absolute Gasteiger partial charge is 0.251 e. The second-order valence-electron chi connectivity index (χ2n) is 4.82. The second-order valence-corrected chi connectivity index (χ2v) is 9.89.